The zero-order valence-electron chi connectivity index (χ0n) is 65.5. The number of allylic oxidation sites excluding steroid dienone is 8. The van der Waals surface area contributed by atoms with Crippen LogP contribution < -0.4 is 296 Å². The van der Waals surface area contributed by atoms with Gasteiger partial charge in [-0.2, -0.15) is 4.58 Å². The van der Waals surface area contributed by atoms with Crippen LogP contribution in [0.3, 0.4) is 0 Å². The third kappa shape index (κ3) is 35.1. The fourth-order valence-corrected chi connectivity index (χ4v) is 18.9. The molecule has 6 N–H and O–H groups in total. The molecule has 118 heavy (non-hydrogen) atoms. The zero-order valence-corrected chi connectivity index (χ0v) is 87.7. The molecule has 6 heterocycles. The van der Waals surface area contributed by atoms with Gasteiger partial charge in [0.05, 0.1) is 40.6 Å². The van der Waals surface area contributed by atoms with Gasteiger partial charge in [-0.25, -0.2) is 43.7 Å². The summed E-state index contributed by atoms with van der Waals surface area (Å²) in [6.45, 7) is 6.40. The van der Waals surface area contributed by atoms with E-state index in [2.05, 4.69) is 60.9 Å². The number of fused-ring (bicyclic) bond motifs is 2. The molecule has 0 bridgehead atoms. The SMILES string of the molecule is CC1(C)C(/C=C/C=C/C=C/C=C2/N(CCCCCC(=O)NC#Cc3cn(C4CCC(COP(=O)([O-])OP(=O)([O-])OP(=O)([O-])O)O4)c(=O)[nH]c3=O)c3ccc(S(=O)(=O)[O-])cc3C2(C)C)=[N+](CCCCCC(=O)NC#Cc2cn(C3CCC(COP(=O)([O-])OP(=O)([O-])OP(=O)([O-])O)O3)c(=O)[nH]c2=O)c2ccc(S(=O)(=O)[O-])cc21.[K+].[Na+].[Na+].[Na+].[Na+].[Na+].[Na+]. The molecule has 0 radical (unpaired) electrons. The summed E-state index contributed by atoms with van der Waals surface area (Å²) in [6.07, 6.45) is 12.6. The van der Waals surface area contributed by atoms with Crippen LogP contribution >= 0.6 is 46.9 Å². The van der Waals surface area contributed by atoms with Crippen molar-refractivity contribution >= 4 is 96.1 Å². The average molecular weight is 1890 g/mol. The molecule has 2 fully saturated rings. The molecule has 42 nitrogen and oxygen atoms in total. The Balaban J connectivity index is 0.00000995. The maximum atomic E-state index is 12.9. The Bertz CT molecular complexity index is 5430. The van der Waals surface area contributed by atoms with Gasteiger partial charge in [0.2, 0.25) is 17.5 Å². The Morgan fingerprint density at radius 3 is 1.46 bits per heavy atom. The van der Waals surface area contributed by atoms with E-state index >= 15 is 0 Å². The smallest absolute Gasteiger partial charge is 0.756 e. The summed E-state index contributed by atoms with van der Waals surface area (Å²) in [6, 6.07) is 12.9. The molecule has 0 spiro atoms. The van der Waals surface area contributed by atoms with Crippen molar-refractivity contribution in [2.24, 2.45) is 0 Å². The Labute approximate surface area is 850 Å². The van der Waals surface area contributed by atoms with Crippen molar-refractivity contribution in [2.75, 3.05) is 31.2 Å². The van der Waals surface area contributed by atoms with E-state index in [4.69, 9.17) is 19.3 Å². The topological polar surface area (TPSA) is 644 Å². The van der Waals surface area contributed by atoms with E-state index in [0.717, 1.165) is 32.9 Å². The Kier molecular flexibility index (Phi) is 48.9. The van der Waals surface area contributed by atoms with Gasteiger partial charge in [0.25, 0.3) is 58.1 Å². The molecule has 0 aliphatic carbocycles. The van der Waals surface area contributed by atoms with Gasteiger partial charge in [-0.1, -0.05) is 50.6 Å². The maximum Gasteiger partial charge on any atom is 1.00 e. The van der Waals surface area contributed by atoms with Crippen LogP contribution in [0.25, 0.3) is 0 Å². The first-order chi connectivity index (χ1) is 51.4. The zero-order chi connectivity index (χ0) is 82.1. The number of aromatic amines is 2. The minimum Gasteiger partial charge on any atom is -0.756 e. The number of aromatic nitrogens is 4. The molecular weight excluding hydrogens is 1820 g/mol. The van der Waals surface area contributed by atoms with Gasteiger partial charge >= 0.3 is 240 Å². The van der Waals surface area contributed by atoms with Crippen LogP contribution in [-0.2, 0) is 104 Å². The molecule has 2 saturated heterocycles. The minimum atomic E-state index is -6.16. The first-order valence-corrected chi connectivity index (χ1v) is 44.5. The van der Waals surface area contributed by atoms with E-state index in [1.165, 1.54) is 24.3 Å². The second-order valence-corrected chi connectivity index (χ2v) is 37.1. The van der Waals surface area contributed by atoms with Crippen molar-refractivity contribution in [2.45, 2.75) is 150 Å². The summed E-state index contributed by atoms with van der Waals surface area (Å²) in [4.78, 5) is 167. The van der Waals surface area contributed by atoms with Crippen LogP contribution in [0, 0.1) is 23.9 Å². The number of carbonyl (C=O) groups is 2. The predicted molar refractivity (Wildman–Crippen MR) is 370 cm³/mol. The first-order valence-electron chi connectivity index (χ1n) is 32.9. The monoisotopic (exact) mass is 1880 g/mol. The molecule has 606 valence electrons. The molecule has 57 heteroatoms. The number of hydrogen-bond acceptors (Lipinski definition) is 33. The van der Waals surface area contributed by atoms with E-state index in [-0.39, 0.29) is 278 Å². The summed E-state index contributed by atoms with van der Waals surface area (Å²) >= 11 is 0. The number of ether oxygens (including phenoxy) is 2. The molecule has 0 saturated carbocycles. The first kappa shape index (κ1) is 116. The molecule has 10 unspecified atom stereocenters. The molecule has 2 aromatic carbocycles. The van der Waals surface area contributed by atoms with Gasteiger partial charge in [0.15, 0.2) is 5.71 Å². The second kappa shape index (κ2) is 49.5. The number of hydrogen-bond donors (Lipinski definition) is 6. The van der Waals surface area contributed by atoms with Crippen LogP contribution in [0.4, 0.5) is 11.4 Å². The Morgan fingerprint density at radius 1 is 0.585 bits per heavy atom. The van der Waals surface area contributed by atoms with Gasteiger partial charge < -0.3 is 71.7 Å². The quantitative estimate of drug-likeness (QED) is 0.00370. The molecule has 4 aliphatic rings. The summed E-state index contributed by atoms with van der Waals surface area (Å²) in [5, 5.41) is 4.74. The summed E-state index contributed by atoms with van der Waals surface area (Å²) in [7, 11) is -45.6. The van der Waals surface area contributed by atoms with Crippen molar-refractivity contribution in [1.29, 1.82) is 0 Å². The number of anilines is 1. The van der Waals surface area contributed by atoms with Crippen molar-refractivity contribution in [3.63, 3.8) is 0 Å². The molecule has 2 aromatic heterocycles. The van der Waals surface area contributed by atoms with Crippen LogP contribution in [0.5, 0.6) is 0 Å². The minimum absolute atomic E-state index is 0. The number of phosphoric ester groups is 2. The van der Waals surface area contributed by atoms with Crippen molar-refractivity contribution in [3.8, 4) is 23.9 Å². The summed E-state index contributed by atoms with van der Waals surface area (Å²) in [5.41, 5.74) is -2.24. The van der Waals surface area contributed by atoms with E-state index < -0.39 is 160 Å². The molecular formula is C61H69KN8Na6O34P6S2. The summed E-state index contributed by atoms with van der Waals surface area (Å²) < 4.78 is 179. The van der Waals surface area contributed by atoms with Gasteiger partial charge in [0.1, 0.15) is 50.4 Å². The number of rotatable bonds is 34. The number of nitrogens with one attached hydrogen (secondary N) is 4. The number of H-pyrrole nitrogens is 2. The number of carbonyl (C=O) groups excluding carboxylic acids is 2. The Morgan fingerprint density at radius 2 is 1.01 bits per heavy atom. The molecule has 4 aromatic rings. The molecule has 8 rings (SSSR count). The molecule has 4 aliphatic heterocycles. The fraction of sp³-hybridized carbons (Fsp3) is 0.426. The maximum absolute atomic E-state index is 12.9. The third-order valence-electron chi connectivity index (χ3n) is 17.0. The van der Waals surface area contributed by atoms with Crippen molar-refractivity contribution in [1.82, 2.24) is 29.7 Å². The van der Waals surface area contributed by atoms with E-state index in [0.29, 0.717) is 74.1 Å². The van der Waals surface area contributed by atoms with Crippen LogP contribution in [0.1, 0.15) is 139 Å². The van der Waals surface area contributed by atoms with Crippen molar-refractivity contribution < 1.29 is 371 Å². The van der Waals surface area contributed by atoms with Crippen LogP contribution in [0.15, 0.2) is 126 Å². The van der Waals surface area contributed by atoms with Crippen molar-refractivity contribution in [3.05, 3.63) is 161 Å². The number of phosphoric acid groups is 6. The number of unbranched alkanes of at least 4 members (excludes halogenated alkanes) is 4. The van der Waals surface area contributed by atoms with E-state index in [1.54, 1.807) is 42.5 Å². The standard InChI is InChI=1S/C61H76N8O34P6S2.K.6Na/c1-60(2)46-34-44(110(90,91)92)22-24-48(46)66(32-14-8-12-18-52(70)62-30-28-40-36-68(58(74)64-56(40)72)54-26-20-42(98-54)38-96-106(82,83)102-108(86,87)100-104(76,77)78)50(60)16-10-6-5-7-11-17-51-61(3,4)47-35-45(111(93,94)95)23-25-49(47)67(51)33-15-9-13-19-53(71)63-31-29-41-37-69(59(75)65-57(41)73)55-27-21-43(99-55)39-97-107(84,85)103-109(88,89)101-105(79,80)81;;;;;;;/h5-7,10-11,16-17,22-25,34-37,42-43,54-55H,8-9,12-15,18-21,26-27,32-33,38-39H2,1-4H3,(H13-,62,63,64,65,70,71,72,73,74,75,76,77,78,79,80,81,82,83,84,85,86,87,88,89,90,91,92,93,94,95);;;;;;;/q;7*+1/p-7. The van der Waals surface area contributed by atoms with Gasteiger partial charge in [-0.05, 0) is 119 Å². The number of amides is 2. The largest absolute Gasteiger partial charge is 1.00 e. The predicted octanol–water partition coefficient (Wildman–Crippen LogP) is -20.4. The molecule has 10 atom stereocenters. The van der Waals surface area contributed by atoms with Gasteiger partial charge in [-0.15, -0.1) is 0 Å². The van der Waals surface area contributed by atoms with Crippen LogP contribution in [0.2, 0.25) is 0 Å². The van der Waals surface area contributed by atoms with Crippen LogP contribution in [-0.4, -0.2) is 115 Å². The normalized spacial score (nSPS) is 20.5. The van der Waals surface area contributed by atoms with E-state index in [1.807, 2.05) is 59.3 Å². The fourth-order valence-electron chi connectivity index (χ4n) is 12.0. The van der Waals surface area contributed by atoms with Gasteiger partial charge in [-0.3, -0.25) is 76.3 Å². The Hall–Kier alpha value is 0.486. The molecule has 2 amide bonds. The number of nitrogens with zero attached hydrogens (tertiary/aromatic N) is 4. The van der Waals surface area contributed by atoms with E-state index in [9.17, 15) is 111 Å². The second-order valence-electron chi connectivity index (χ2n) is 25.7. The average Bonchev–Trinajstić information content (AvgIpc) is 1.59. The van der Waals surface area contributed by atoms with Gasteiger partial charge in [0, 0.05) is 84.8 Å². The number of benzene rings is 2. The summed E-state index contributed by atoms with van der Waals surface area (Å²) in [5.74, 6) is 3.83. The third-order valence-corrected chi connectivity index (χ3v) is 26.0.